The molecular weight excluding hydrogens is 312 g/mol. The number of hydrogen-bond acceptors (Lipinski definition) is 6. The molecule has 2 heterocycles. The van der Waals surface area contributed by atoms with E-state index in [1.54, 1.807) is 12.1 Å². The molecule has 0 amide bonds. The molecule has 0 atom stereocenters. The summed E-state index contributed by atoms with van der Waals surface area (Å²) in [6.07, 6.45) is 0. The lowest BCUT2D eigenvalue weighted by atomic mass is 10.0. The third-order valence-electron chi connectivity index (χ3n) is 3.35. The maximum Gasteiger partial charge on any atom is 0.348 e. The molecule has 0 aliphatic rings. The van der Waals surface area contributed by atoms with Gasteiger partial charge in [0.25, 0.3) is 5.89 Å². The van der Waals surface area contributed by atoms with E-state index < -0.39 is 0 Å². The summed E-state index contributed by atoms with van der Waals surface area (Å²) in [5, 5.41) is 5.75. The predicted octanol–water partition coefficient (Wildman–Crippen LogP) is 4.28. The number of aromatic nitrogens is 2. The van der Waals surface area contributed by atoms with Crippen LogP contribution in [0.3, 0.4) is 0 Å². The normalized spacial score (nSPS) is 10.9. The topological polar surface area (TPSA) is 65.2 Å². The van der Waals surface area contributed by atoms with Gasteiger partial charge in [-0.1, -0.05) is 49.3 Å². The number of esters is 1. The summed E-state index contributed by atoms with van der Waals surface area (Å²) < 4.78 is 10.3. The lowest BCUT2D eigenvalue weighted by molar-refractivity contribution is 0.0435. The number of carbonyl (C=O) groups excluding carboxylic acids is 1. The smallest absolute Gasteiger partial charge is 0.348 e. The summed E-state index contributed by atoms with van der Waals surface area (Å²) in [4.78, 5) is 16.6. The van der Waals surface area contributed by atoms with E-state index in [1.165, 1.54) is 16.9 Å². The Morgan fingerprint density at radius 2 is 2.04 bits per heavy atom. The van der Waals surface area contributed by atoms with Crippen LogP contribution in [0.4, 0.5) is 0 Å². The molecular formula is C17H16N2O3S. The first-order valence-corrected chi connectivity index (χ1v) is 8.15. The first-order valence-electron chi connectivity index (χ1n) is 7.27. The van der Waals surface area contributed by atoms with Crippen molar-refractivity contribution >= 4 is 17.3 Å². The fraction of sp³-hybridized carbons (Fsp3) is 0.235. The van der Waals surface area contributed by atoms with E-state index in [0.29, 0.717) is 16.6 Å². The van der Waals surface area contributed by atoms with Crippen LogP contribution in [-0.2, 0) is 11.3 Å². The van der Waals surface area contributed by atoms with Gasteiger partial charge < -0.3 is 9.26 Å². The number of benzene rings is 1. The molecule has 0 aliphatic carbocycles. The quantitative estimate of drug-likeness (QED) is 0.654. The van der Waals surface area contributed by atoms with E-state index in [9.17, 15) is 4.79 Å². The van der Waals surface area contributed by atoms with Gasteiger partial charge in [0.2, 0.25) is 5.82 Å². The third-order valence-corrected chi connectivity index (χ3v) is 4.20. The molecule has 0 unspecified atom stereocenters. The molecule has 3 rings (SSSR count). The molecule has 0 radical (unpaired) electrons. The Hall–Kier alpha value is -2.47. The Kier molecular flexibility index (Phi) is 4.52. The molecule has 0 bridgehead atoms. The van der Waals surface area contributed by atoms with Crippen LogP contribution in [0.2, 0.25) is 0 Å². The zero-order valence-corrected chi connectivity index (χ0v) is 13.7. The van der Waals surface area contributed by atoms with Crippen molar-refractivity contribution in [1.29, 1.82) is 0 Å². The predicted molar refractivity (Wildman–Crippen MR) is 87.3 cm³/mol. The lowest BCUT2D eigenvalue weighted by Crippen LogP contribution is -2.03. The van der Waals surface area contributed by atoms with E-state index in [0.717, 1.165) is 5.56 Å². The van der Waals surface area contributed by atoms with Crippen molar-refractivity contribution in [2.45, 2.75) is 26.4 Å². The van der Waals surface area contributed by atoms with Crippen LogP contribution in [0.25, 0.3) is 11.4 Å². The average molecular weight is 328 g/mol. The monoisotopic (exact) mass is 328 g/mol. The Labute approximate surface area is 137 Å². The molecule has 23 heavy (non-hydrogen) atoms. The van der Waals surface area contributed by atoms with Crippen molar-refractivity contribution in [3.63, 3.8) is 0 Å². The van der Waals surface area contributed by atoms with Crippen LogP contribution in [0.15, 0.2) is 46.3 Å². The van der Waals surface area contributed by atoms with Gasteiger partial charge in [-0.3, -0.25) is 0 Å². The summed E-state index contributed by atoms with van der Waals surface area (Å²) >= 11 is 1.33. The Bertz CT molecular complexity index is 777. The van der Waals surface area contributed by atoms with Crippen molar-refractivity contribution in [1.82, 2.24) is 10.1 Å². The first kappa shape index (κ1) is 15.4. The molecule has 0 saturated carbocycles. The van der Waals surface area contributed by atoms with Crippen LogP contribution in [0.1, 0.15) is 40.9 Å². The maximum atomic E-state index is 11.8. The van der Waals surface area contributed by atoms with E-state index >= 15 is 0 Å². The highest BCUT2D eigenvalue weighted by atomic mass is 32.1. The summed E-state index contributed by atoms with van der Waals surface area (Å²) in [6, 6.07) is 11.5. The summed E-state index contributed by atoms with van der Waals surface area (Å²) in [5.74, 6) is 0.850. The molecule has 0 aliphatic heterocycles. The maximum absolute atomic E-state index is 11.8. The van der Waals surface area contributed by atoms with Crippen molar-refractivity contribution in [2.24, 2.45) is 0 Å². The van der Waals surface area contributed by atoms with E-state index in [-0.39, 0.29) is 18.5 Å². The van der Waals surface area contributed by atoms with Gasteiger partial charge in [-0.15, -0.1) is 11.3 Å². The second kappa shape index (κ2) is 6.75. The zero-order valence-electron chi connectivity index (χ0n) is 12.9. The van der Waals surface area contributed by atoms with Crippen molar-refractivity contribution < 1.29 is 14.1 Å². The minimum absolute atomic E-state index is 0.0339. The molecule has 118 valence electrons. The van der Waals surface area contributed by atoms with Crippen LogP contribution in [-0.4, -0.2) is 16.1 Å². The van der Waals surface area contributed by atoms with Gasteiger partial charge in [-0.2, -0.15) is 4.98 Å². The van der Waals surface area contributed by atoms with E-state index in [4.69, 9.17) is 9.26 Å². The Morgan fingerprint density at radius 3 is 2.70 bits per heavy atom. The Balaban J connectivity index is 1.64. The fourth-order valence-corrected chi connectivity index (χ4v) is 2.66. The summed E-state index contributed by atoms with van der Waals surface area (Å²) in [7, 11) is 0. The molecule has 0 spiro atoms. The van der Waals surface area contributed by atoms with Crippen molar-refractivity contribution in [3.05, 3.63) is 58.1 Å². The van der Waals surface area contributed by atoms with Gasteiger partial charge in [-0.25, -0.2) is 4.79 Å². The zero-order chi connectivity index (χ0) is 16.2. The second-order valence-electron chi connectivity index (χ2n) is 5.34. The van der Waals surface area contributed by atoms with Gasteiger partial charge in [-0.05, 0) is 22.9 Å². The number of thiophene rings is 1. The molecule has 6 heteroatoms. The van der Waals surface area contributed by atoms with E-state index in [1.807, 2.05) is 29.6 Å². The molecule has 3 aromatic rings. The number of rotatable bonds is 5. The van der Waals surface area contributed by atoms with Gasteiger partial charge >= 0.3 is 5.97 Å². The number of nitrogens with zero attached hydrogens (tertiary/aromatic N) is 2. The number of carbonyl (C=O) groups is 1. The first-order chi connectivity index (χ1) is 11.1. The van der Waals surface area contributed by atoms with Gasteiger partial charge in [0, 0.05) is 5.56 Å². The van der Waals surface area contributed by atoms with Crippen LogP contribution in [0.5, 0.6) is 0 Å². The summed E-state index contributed by atoms with van der Waals surface area (Å²) in [5.41, 5.74) is 2.12. The van der Waals surface area contributed by atoms with E-state index in [2.05, 4.69) is 24.0 Å². The van der Waals surface area contributed by atoms with Crippen LogP contribution >= 0.6 is 11.3 Å². The SMILES string of the molecule is CC(C)c1ccc(-c2noc(COC(=O)c3cccs3)n2)cc1. The van der Waals surface area contributed by atoms with Gasteiger partial charge in [0.05, 0.1) is 0 Å². The van der Waals surface area contributed by atoms with Crippen LogP contribution in [0, 0.1) is 0 Å². The minimum atomic E-state index is -0.388. The number of hydrogen-bond donors (Lipinski definition) is 0. The molecule has 0 saturated heterocycles. The van der Waals surface area contributed by atoms with Crippen molar-refractivity contribution in [3.8, 4) is 11.4 Å². The minimum Gasteiger partial charge on any atom is -0.451 e. The highest BCUT2D eigenvalue weighted by Crippen LogP contribution is 2.21. The highest BCUT2D eigenvalue weighted by molar-refractivity contribution is 7.11. The largest absolute Gasteiger partial charge is 0.451 e. The van der Waals surface area contributed by atoms with Gasteiger partial charge in [0.15, 0.2) is 6.61 Å². The molecule has 5 nitrogen and oxygen atoms in total. The third kappa shape index (κ3) is 3.65. The average Bonchev–Trinajstić information content (AvgIpc) is 3.24. The standard InChI is InChI=1S/C17H16N2O3S/c1-11(2)12-5-7-13(8-6-12)16-18-15(22-19-16)10-21-17(20)14-4-3-9-23-14/h3-9,11H,10H2,1-2H3. The highest BCUT2D eigenvalue weighted by Gasteiger charge is 2.13. The molecule has 0 N–H and O–H groups in total. The van der Waals surface area contributed by atoms with Gasteiger partial charge in [0.1, 0.15) is 4.88 Å². The van der Waals surface area contributed by atoms with Crippen molar-refractivity contribution in [2.75, 3.05) is 0 Å². The summed E-state index contributed by atoms with van der Waals surface area (Å²) in [6.45, 7) is 4.25. The lowest BCUT2D eigenvalue weighted by Gasteiger charge is -2.04. The Morgan fingerprint density at radius 1 is 1.26 bits per heavy atom. The fourth-order valence-electron chi connectivity index (χ4n) is 2.04. The van der Waals surface area contributed by atoms with Crippen LogP contribution < -0.4 is 0 Å². The molecule has 1 aromatic carbocycles. The molecule has 2 aromatic heterocycles. The number of ether oxygens (including phenoxy) is 1. The second-order valence-corrected chi connectivity index (χ2v) is 6.29. The molecule has 0 fully saturated rings.